The molecule has 2 aromatic rings. The summed E-state index contributed by atoms with van der Waals surface area (Å²) < 4.78 is 31.5. The molecule has 0 amide bonds. The van der Waals surface area contributed by atoms with Gasteiger partial charge in [0.2, 0.25) is 0 Å². The number of benzene rings is 2. The molecule has 0 saturated carbocycles. The van der Waals surface area contributed by atoms with Gasteiger partial charge >= 0.3 is 0 Å². The molecule has 1 aliphatic rings. The van der Waals surface area contributed by atoms with E-state index in [1.54, 1.807) is 12.1 Å². The van der Waals surface area contributed by atoms with Gasteiger partial charge in [-0.3, -0.25) is 14.1 Å². The van der Waals surface area contributed by atoms with Gasteiger partial charge in [0.05, 0.1) is 15.5 Å². The molecule has 0 saturated heterocycles. The minimum absolute atomic E-state index is 0.0484. The molecule has 1 N–H and O–H groups in total. The lowest BCUT2D eigenvalue weighted by atomic mass is 9.84. The number of carbonyl (C=O) groups is 2. The number of halogens is 1. The smallest absolute Gasteiger partial charge is 0.289 e. The molecular formula is C14H7ClO5S. The standard InChI is InChI=1S/C14H7ClO5S/c15-11-6-7(21(18,19)20)5-10-12(11)14(17)9-4-2-1-3-8(9)13(10)16/h1-6H,(H,18,19,20). The summed E-state index contributed by atoms with van der Waals surface area (Å²) in [4.78, 5) is 24.3. The summed E-state index contributed by atoms with van der Waals surface area (Å²) in [6.07, 6.45) is 0. The molecule has 7 heteroatoms. The van der Waals surface area contributed by atoms with Crippen molar-refractivity contribution in [2.75, 3.05) is 0 Å². The van der Waals surface area contributed by atoms with E-state index < -0.39 is 26.6 Å². The maximum Gasteiger partial charge on any atom is 0.294 e. The number of hydrogen-bond acceptors (Lipinski definition) is 4. The number of hydrogen-bond donors (Lipinski definition) is 1. The molecule has 0 spiro atoms. The summed E-state index contributed by atoms with van der Waals surface area (Å²) in [5.41, 5.74) is 0.224. The predicted octanol–water partition coefficient (Wildman–Crippen LogP) is 2.36. The Morgan fingerprint density at radius 2 is 1.48 bits per heavy atom. The number of carbonyl (C=O) groups excluding carboxylic acids is 2. The Morgan fingerprint density at radius 1 is 0.905 bits per heavy atom. The van der Waals surface area contributed by atoms with Gasteiger partial charge in [-0.1, -0.05) is 35.9 Å². The average Bonchev–Trinajstić information content (AvgIpc) is 2.43. The van der Waals surface area contributed by atoms with Crippen LogP contribution in [-0.2, 0) is 10.1 Å². The van der Waals surface area contributed by atoms with Crippen LogP contribution in [0.1, 0.15) is 31.8 Å². The monoisotopic (exact) mass is 322 g/mol. The minimum atomic E-state index is -4.53. The molecular weight excluding hydrogens is 316 g/mol. The highest BCUT2D eigenvalue weighted by molar-refractivity contribution is 7.85. The Kier molecular flexibility index (Phi) is 2.98. The molecule has 0 fully saturated rings. The highest BCUT2D eigenvalue weighted by Crippen LogP contribution is 2.33. The van der Waals surface area contributed by atoms with Crippen molar-refractivity contribution < 1.29 is 22.6 Å². The van der Waals surface area contributed by atoms with E-state index in [2.05, 4.69) is 0 Å². The third-order valence-electron chi connectivity index (χ3n) is 3.25. The first-order valence-corrected chi connectivity index (χ1v) is 7.62. The quantitative estimate of drug-likeness (QED) is 0.695. The van der Waals surface area contributed by atoms with Crippen LogP contribution in [0.4, 0.5) is 0 Å². The number of rotatable bonds is 1. The van der Waals surface area contributed by atoms with E-state index in [1.165, 1.54) is 12.1 Å². The Morgan fingerprint density at radius 3 is 2.05 bits per heavy atom. The molecule has 0 unspecified atom stereocenters. The van der Waals surface area contributed by atoms with E-state index in [4.69, 9.17) is 16.2 Å². The van der Waals surface area contributed by atoms with Crippen molar-refractivity contribution in [3.05, 3.63) is 63.7 Å². The van der Waals surface area contributed by atoms with Gasteiger partial charge in [-0.25, -0.2) is 0 Å². The fourth-order valence-electron chi connectivity index (χ4n) is 2.30. The van der Waals surface area contributed by atoms with E-state index in [-0.39, 0.29) is 27.3 Å². The lowest BCUT2D eigenvalue weighted by Gasteiger charge is -2.18. The van der Waals surface area contributed by atoms with Crippen molar-refractivity contribution in [1.82, 2.24) is 0 Å². The molecule has 0 aliphatic heterocycles. The molecule has 0 bridgehead atoms. The van der Waals surface area contributed by atoms with Gasteiger partial charge in [0.15, 0.2) is 11.6 Å². The summed E-state index contributed by atoms with van der Waals surface area (Å²) in [6.45, 7) is 0. The van der Waals surface area contributed by atoms with E-state index in [9.17, 15) is 18.0 Å². The molecule has 0 radical (unpaired) electrons. The molecule has 106 valence electrons. The SMILES string of the molecule is O=C1c2ccccc2C(=O)c2c(Cl)cc(S(=O)(=O)O)cc21. The molecule has 3 rings (SSSR count). The van der Waals surface area contributed by atoms with Crippen molar-refractivity contribution in [2.45, 2.75) is 4.90 Å². The number of ketones is 2. The van der Waals surface area contributed by atoms with Crippen LogP contribution < -0.4 is 0 Å². The minimum Gasteiger partial charge on any atom is -0.289 e. The zero-order valence-electron chi connectivity index (χ0n) is 10.3. The van der Waals surface area contributed by atoms with Crippen LogP contribution in [0.3, 0.4) is 0 Å². The van der Waals surface area contributed by atoms with Gasteiger partial charge in [-0.05, 0) is 12.1 Å². The first-order valence-electron chi connectivity index (χ1n) is 5.80. The zero-order chi connectivity index (χ0) is 15.4. The molecule has 0 heterocycles. The highest BCUT2D eigenvalue weighted by atomic mass is 35.5. The summed E-state index contributed by atoms with van der Waals surface area (Å²) in [6, 6.07) is 8.12. The summed E-state index contributed by atoms with van der Waals surface area (Å²) in [5.74, 6) is -0.959. The van der Waals surface area contributed by atoms with Crippen LogP contribution in [0.2, 0.25) is 5.02 Å². The van der Waals surface area contributed by atoms with E-state index in [0.29, 0.717) is 0 Å². The highest BCUT2D eigenvalue weighted by Gasteiger charge is 2.32. The normalized spacial score (nSPS) is 13.8. The summed E-state index contributed by atoms with van der Waals surface area (Å²) in [5, 5.41) is -0.187. The molecule has 21 heavy (non-hydrogen) atoms. The molecule has 1 aliphatic carbocycles. The van der Waals surface area contributed by atoms with Gasteiger partial charge in [0.1, 0.15) is 0 Å². The van der Waals surface area contributed by atoms with Crippen LogP contribution >= 0.6 is 11.6 Å². The third-order valence-corrected chi connectivity index (χ3v) is 4.38. The number of fused-ring (bicyclic) bond motifs is 2. The van der Waals surface area contributed by atoms with E-state index in [0.717, 1.165) is 12.1 Å². The Labute approximate surface area is 124 Å². The van der Waals surface area contributed by atoms with E-state index >= 15 is 0 Å². The Balaban J connectivity index is 2.36. The van der Waals surface area contributed by atoms with Crippen LogP contribution in [-0.4, -0.2) is 24.5 Å². The Bertz CT molecular complexity index is 915. The molecule has 2 aromatic carbocycles. The van der Waals surface area contributed by atoms with E-state index in [1.807, 2.05) is 0 Å². The predicted molar refractivity (Wildman–Crippen MR) is 74.6 cm³/mol. The van der Waals surface area contributed by atoms with Gasteiger partial charge in [-0.15, -0.1) is 0 Å². The van der Waals surface area contributed by atoms with Gasteiger partial charge in [0.25, 0.3) is 10.1 Å². The van der Waals surface area contributed by atoms with Gasteiger partial charge in [-0.2, -0.15) is 8.42 Å². The lowest BCUT2D eigenvalue weighted by Crippen LogP contribution is -2.22. The summed E-state index contributed by atoms with van der Waals surface area (Å²) in [7, 11) is -4.53. The van der Waals surface area contributed by atoms with Crippen LogP contribution in [0, 0.1) is 0 Å². The van der Waals surface area contributed by atoms with Crippen molar-refractivity contribution in [3.8, 4) is 0 Å². The topological polar surface area (TPSA) is 88.5 Å². The second kappa shape index (κ2) is 4.49. The third kappa shape index (κ3) is 2.08. The van der Waals surface area contributed by atoms with Crippen molar-refractivity contribution >= 4 is 33.3 Å². The fourth-order valence-corrected chi connectivity index (χ4v) is 3.20. The summed E-state index contributed by atoms with van der Waals surface area (Å²) >= 11 is 5.93. The molecule has 0 atom stereocenters. The second-order valence-electron chi connectivity index (χ2n) is 4.51. The van der Waals surface area contributed by atoms with Crippen molar-refractivity contribution in [1.29, 1.82) is 0 Å². The Hall–Kier alpha value is -2.02. The first-order chi connectivity index (χ1) is 9.80. The largest absolute Gasteiger partial charge is 0.294 e. The van der Waals surface area contributed by atoms with Gasteiger partial charge < -0.3 is 0 Å². The maximum atomic E-state index is 12.4. The molecule has 0 aromatic heterocycles. The lowest BCUT2D eigenvalue weighted by molar-refractivity contribution is 0.0979. The fraction of sp³-hybridized carbons (Fsp3) is 0. The van der Waals surface area contributed by atoms with Crippen LogP contribution in [0.5, 0.6) is 0 Å². The average molecular weight is 323 g/mol. The second-order valence-corrected chi connectivity index (χ2v) is 6.34. The molecule has 5 nitrogen and oxygen atoms in total. The van der Waals surface area contributed by atoms with Crippen molar-refractivity contribution in [3.63, 3.8) is 0 Å². The zero-order valence-corrected chi connectivity index (χ0v) is 11.9. The maximum absolute atomic E-state index is 12.4. The van der Waals surface area contributed by atoms with Crippen LogP contribution in [0.15, 0.2) is 41.3 Å². The first kappa shape index (κ1) is 13.9. The van der Waals surface area contributed by atoms with Gasteiger partial charge in [0, 0.05) is 16.7 Å². The van der Waals surface area contributed by atoms with Crippen molar-refractivity contribution in [2.24, 2.45) is 0 Å². The van der Waals surface area contributed by atoms with Crippen LogP contribution in [0.25, 0.3) is 0 Å².